The van der Waals surface area contributed by atoms with Crippen molar-refractivity contribution in [2.45, 2.75) is 24.6 Å². The molecular formula is C25H17F4N9O2. The minimum absolute atomic E-state index is 0.0904. The molecule has 0 bridgehead atoms. The van der Waals surface area contributed by atoms with Gasteiger partial charge in [-0.3, -0.25) is 4.98 Å². The van der Waals surface area contributed by atoms with Gasteiger partial charge in [0.05, 0.1) is 36.6 Å². The maximum Gasteiger partial charge on any atom is 0.350 e. The molecule has 1 N–H and O–H groups in total. The Hall–Kier alpha value is -5.23. The van der Waals surface area contributed by atoms with Crippen LogP contribution in [0.5, 0.6) is 0 Å². The van der Waals surface area contributed by atoms with E-state index in [4.69, 9.17) is 5.26 Å². The Morgan fingerprint density at radius 2 is 1.80 bits per heavy atom. The van der Waals surface area contributed by atoms with Gasteiger partial charge in [-0.1, -0.05) is 12.1 Å². The first kappa shape index (κ1) is 26.4. The number of tetrazole rings is 1. The molecule has 15 heteroatoms. The quantitative estimate of drug-likeness (QED) is 0.290. The Morgan fingerprint density at radius 1 is 1.02 bits per heavy atom. The molecule has 0 amide bonds. The molecule has 0 aliphatic carbocycles. The average molecular weight is 551 g/mol. The number of halogens is 4. The highest BCUT2D eigenvalue weighted by molar-refractivity contribution is 5.35. The van der Waals surface area contributed by atoms with Crippen molar-refractivity contribution in [2.75, 3.05) is 0 Å². The molecule has 0 fully saturated rings. The molecule has 3 heterocycles. The Morgan fingerprint density at radius 3 is 2.42 bits per heavy atom. The number of hydrogen-bond donors (Lipinski definition) is 1. The standard InChI is InChI=1S/C25H17F4N9O2/c26-18-5-7-20(21(27)9-18)24(40,13-36-14-32-34-35-36)25(28,29)22-8-6-19(11-31-22)37-15-33-38(23(37)39)12-17-3-1-16(10-30)2-4-17/h1-9,11,14-15,40H,12-13H2. The van der Waals surface area contributed by atoms with Gasteiger partial charge in [0.25, 0.3) is 0 Å². The Bertz CT molecular complexity index is 1750. The van der Waals surface area contributed by atoms with E-state index in [0.717, 1.165) is 44.7 Å². The van der Waals surface area contributed by atoms with Gasteiger partial charge < -0.3 is 5.11 Å². The topological polar surface area (TPSA) is 140 Å². The van der Waals surface area contributed by atoms with Crippen molar-refractivity contribution < 1.29 is 22.7 Å². The first-order valence-electron chi connectivity index (χ1n) is 11.5. The number of rotatable bonds is 8. The van der Waals surface area contributed by atoms with E-state index in [1.807, 2.05) is 6.07 Å². The molecule has 1 atom stereocenters. The summed E-state index contributed by atoms with van der Waals surface area (Å²) in [7, 11) is 0. The Labute approximate surface area is 222 Å². The Kier molecular flexibility index (Phi) is 6.69. The molecular weight excluding hydrogens is 534 g/mol. The molecule has 5 rings (SSSR count). The fourth-order valence-electron chi connectivity index (χ4n) is 4.07. The van der Waals surface area contributed by atoms with Crippen molar-refractivity contribution in [1.82, 2.24) is 39.5 Å². The van der Waals surface area contributed by atoms with E-state index in [2.05, 4.69) is 25.6 Å². The van der Waals surface area contributed by atoms with Crippen LogP contribution < -0.4 is 5.69 Å². The van der Waals surface area contributed by atoms with Crippen LogP contribution in [-0.4, -0.2) is 44.6 Å². The third kappa shape index (κ3) is 4.71. The molecule has 0 aliphatic rings. The number of alkyl halides is 2. The Balaban J connectivity index is 1.47. The van der Waals surface area contributed by atoms with E-state index in [1.165, 1.54) is 6.33 Å². The van der Waals surface area contributed by atoms with Crippen LogP contribution in [-0.2, 0) is 24.6 Å². The first-order chi connectivity index (χ1) is 19.1. The molecule has 0 saturated heterocycles. The third-order valence-electron chi connectivity index (χ3n) is 6.17. The summed E-state index contributed by atoms with van der Waals surface area (Å²) >= 11 is 0. The van der Waals surface area contributed by atoms with Crippen LogP contribution in [0, 0.1) is 23.0 Å². The maximum absolute atomic E-state index is 15.9. The molecule has 0 spiro atoms. The lowest BCUT2D eigenvalue weighted by atomic mass is 9.84. The van der Waals surface area contributed by atoms with Crippen molar-refractivity contribution in [3.05, 3.63) is 118 Å². The second kappa shape index (κ2) is 10.2. The smallest absolute Gasteiger partial charge is 0.350 e. The summed E-state index contributed by atoms with van der Waals surface area (Å²) in [5.41, 5.74) is -4.50. The second-order valence-corrected chi connectivity index (χ2v) is 8.72. The lowest BCUT2D eigenvalue weighted by molar-refractivity contribution is -0.207. The van der Waals surface area contributed by atoms with Crippen LogP contribution in [0.4, 0.5) is 17.6 Å². The predicted molar refractivity (Wildman–Crippen MR) is 128 cm³/mol. The number of aliphatic hydroxyl groups is 1. The zero-order valence-electron chi connectivity index (χ0n) is 20.2. The SMILES string of the molecule is N#Cc1ccc(Cn2ncn(-c3ccc(C(F)(F)C(O)(Cn4cnnn4)c4ccc(F)cc4F)nc3)c2=O)cc1. The number of aromatic nitrogens is 8. The summed E-state index contributed by atoms with van der Waals surface area (Å²) in [5, 5.41) is 34.3. The summed E-state index contributed by atoms with van der Waals surface area (Å²) in [6.07, 6.45) is 3.10. The molecule has 0 aliphatic heterocycles. The van der Waals surface area contributed by atoms with Crippen LogP contribution in [0.2, 0.25) is 0 Å². The van der Waals surface area contributed by atoms with E-state index in [-0.39, 0.29) is 12.2 Å². The predicted octanol–water partition coefficient (Wildman–Crippen LogP) is 2.29. The second-order valence-electron chi connectivity index (χ2n) is 8.72. The van der Waals surface area contributed by atoms with Crippen molar-refractivity contribution in [1.29, 1.82) is 5.26 Å². The lowest BCUT2D eigenvalue weighted by Gasteiger charge is -2.35. The zero-order valence-corrected chi connectivity index (χ0v) is 20.2. The molecule has 0 radical (unpaired) electrons. The normalized spacial score (nSPS) is 13.1. The fourth-order valence-corrected chi connectivity index (χ4v) is 4.07. The number of nitriles is 1. The number of hydrogen-bond acceptors (Lipinski definition) is 8. The first-order valence-corrected chi connectivity index (χ1v) is 11.5. The van der Waals surface area contributed by atoms with Gasteiger partial charge in [-0.05, 0) is 52.4 Å². The molecule has 2 aromatic carbocycles. The van der Waals surface area contributed by atoms with Crippen LogP contribution in [0.25, 0.3) is 5.69 Å². The molecule has 0 saturated carbocycles. The fraction of sp³-hybridized carbons (Fsp3) is 0.160. The van der Waals surface area contributed by atoms with Gasteiger partial charge in [0.1, 0.15) is 30.0 Å². The third-order valence-corrected chi connectivity index (χ3v) is 6.17. The highest BCUT2D eigenvalue weighted by atomic mass is 19.3. The highest BCUT2D eigenvalue weighted by Gasteiger charge is 2.58. The van der Waals surface area contributed by atoms with Crippen molar-refractivity contribution in [3.63, 3.8) is 0 Å². The monoisotopic (exact) mass is 551 g/mol. The zero-order chi connectivity index (χ0) is 28.5. The van der Waals surface area contributed by atoms with Crippen LogP contribution in [0.15, 0.2) is 78.2 Å². The summed E-state index contributed by atoms with van der Waals surface area (Å²) in [5.74, 6) is -6.68. The molecule has 1 unspecified atom stereocenters. The summed E-state index contributed by atoms with van der Waals surface area (Å²) in [6.45, 7) is -0.908. The van der Waals surface area contributed by atoms with Crippen molar-refractivity contribution in [3.8, 4) is 11.8 Å². The van der Waals surface area contributed by atoms with Gasteiger partial charge >= 0.3 is 11.6 Å². The van der Waals surface area contributed by atoms with E-state index in [0.29, 0.717) is 23.3 Å². The highest BCUT2D eigenvalue weighted by Crippen LogP contribution is 2.46. The number of benzene rings is 2. The lowest BCUT2D eigenvalue weighted by Crippen LogP contribution is -2.48. The van der Waals surface area contributed by atoms with Gasteiger partial charge in [0, 0.05) is 11.6 Å². The van der Waals surface area contributed by atoms with Crippen LogP contribution in [0.1, 0.15) is 22.4 Å². The molecule has 5 aromatic rings. The van der Waals surface area contributed by atoms with Gasteiger partial charge in [-0.2, -0.15) is 19.1 Å². The molecule has 40 heavy (non-hydrogen) atoms. The van der Waals surface area contributed by atoms with E-state index in [1.54, 1.807) is 24.3 Å². The molecule has 11 nitrogen and oxygen atoms in total. The summed E-state index contributed by atoms with van der Waals surface area (Å²) < 4.78 is 63.0. The molecule has 3 aromatic heterocycles. The largest absolute Gasteiger partial charge is 0.377 e. The minimum Gasteiger partial charge on any atom is -0.377 e. The van der Waals surface area contributed by atoms with E-state index < -0.39 is 46.6 Å². The van der Waals surface area contributed by atoms with Gasteiger partial charge in [0.2, 0.25) is 0 Å². The van der Waals surface area contributed by atoms with Gasteiger partial charge in [-0.25, -0.2) is 27.5 Å². The average Bonchev–Trinajstić information content (AvgIpc) is 3.58. The van der Waals surface area contributed by atoms with Crippen molar-refractivity contribution >= 4 is 0 Å². The minimum atomic E-state index is -4.25. The van der Waals surface area contributed by atoms with Crippen LogP contribution in [0.3, 0.4) is 0 Å². The van der Waals surface area contributed by atoms with Gasteiger partial charge in [0.15, 0.2) is 5.60 Å². The molecule has 202 valence electrons. The maximum atomic E-state index is 15.9. The summed E-state index contributed by atoms with van der Waals surface area (Å²) in [4.78, 5) is 16.6. The van der Waals surface area contributed by atoms with E-state index >= 15 is 8.78 Å². The number of pyridine rings is 1. The van der Waals surface area contributed by atoms with E-state index in [9.17, 15) is 18.7 Å². The van der Waals surface area contributed by atoms with Crippen LogP contribution >= 0.6 is 0 Å². The van der Waals surface area contributed by atoms with Crippen molar-refractivity contribution in [2.24, 2.45) is 0 Å². The number of nitrogens with zero attached hydrogens (tertiary/aromatic N) is 9. The summed E-state index contributed by atoms with van der Waals surface area (Å²) in [6, 6.07) is 12.4. The van der Waals surface area contributed by atoms with Gasteiger partial charge in [-0.15, -0.1) is 5.10 Å².